The molecule has 4 nitrogen and oxygen atoms in total. The first kappa shape index (κ1) is 13.3. The molecule has 0 unspecified atom stereocenters. The summed E-state index contributed by atoms with van der Waals surface area (Å²) in [7, 11) is 0. The predicted octanol–water partition coefficient (Wildman–Crippen LogP) is 2.72. The molecule has 0 aliphatic heterocycles. The van der Waals surface area contributed by atoms with Gasteiger partial charge in [0.2, 0.25) is 0 Å². The number of hydrogen-bond acceptors (Lipinski definition) is 5. The predicted molar refractivity (Wildman–Crippen MR) is 80.9 cm³/mol. The Labute approximate surface area is 113 Å². The van der Waals surface area contributed by atoms with Gasteiger partial charge in [0.05, 0.1) is 5.69 Å². The minimum atomic E-state index is 0.357. The first-order valence-electron chi connectivity index (χ1n) is 6.46. The van der Waals surface area contributed by atoms with Crippen molar-refractivity contribution in [1.29, 1.82) is 0 Å². The molecule has 1 aliphatic rings. The molecule has 0 spiro atoms. The van der Waals surface area contributed by atoms with Gasteiger partial charge in [0.15, 0.2) is 0 Å². The molecule has 1 heterocycles. The van der Waals surface area contributed by atoms with E-state index in [0.29, 0.717) is 16.3 Å². The van der Waals surface area contributed by atoms with Crippen molar-refractivity contribution in [2.75, 3.05) is 29.6 Å². The molecule has 18 heavy (non-hydrogen) atoms. The van der Waals surface area contributed by atoms with Gasteiger partial charge in [-0.1, -0.05) is 19.3 Å². The van der Waals surface area contributed by atoms with Crippen LogP contribution in [0.4, 0.5) is 17.3 Å². The Kier molecular flexibility index (Phi) is 4.22. The highest BCUT2D eigenvalue weighted by Gasteiger charge is 2.30. The van der Waals surface area contributed by atoms with E-state index in [1.807, 2.05) is 17.8 Å². The zero-order chi connectivity index (χ0) is 13.0. The molecular formula is C13H22N4S. The second-order valence-corrected chi connectivity index (χ2v) is 6.25. The second-order valence-electron chi connectivity index (χ2n) is 4.97. The fourth-order valence-corrected chi connectivity index (χ4v) is 3.40. The standard InChI is InChI=1S/C13H22N4S/c1-18-13(7-3-2-4-8-13)9-16-11-6-5-10(14)12(15)17-11/h5-6H,2-4,7-9,14H2,1H3,(H3,15,16,17). The van der Waals surface area contributed by atoms with E-state index >= 15 is 0 Å². The quantitative estimate of drug-likeness (QED) is 0.781. The van der Waals surface area contributed by atoms with Crippen LogP contribution in [0.25, 0.3) is 0 Å². The summed E-state index contributed by atoms with van der Waals surface area (Å²) in [6.45, 7) is 0.949. The van der Waals surface area contributed by atoms with Crippen LogP contribution in [0.3, 0.4) is 0 Å². The van der Waals surface area contributed by atoms with Crippen LogP contribution in [-0.2, 0) is 0 Å². The van der Waals surface area contributed by atoms with Crippen LogP contribution >= 0.6 is 11.8 Å². The molecule has 5 heteroatoms. The highest BCUT2D eigenvalue weighted by molar-refractivity contribution is 8.00. The van der Waals surface area contributed by atoms with Gasteiger partial charge >= 0.3 is 0 Å². The van der Waals surface area contributed by atoms with Gasteiger partial charge in [0, 0.05) is 11.3 Å². The molecule has 0 saturated heterocycles. The Bertz CT molecular complexity index is 402. The smallest absolute Gasteiger partial charge is 0.149 e. The average molecular weight is 266 g/mol. The normalized spacial score (nSPS) is 18.5. The molecule has 2 rings (SSSR count). The zero-order valence-corrected chi connectivity index (χ0v) is 11.7. The van der Waals surface area contributed by atoms with E-state index in [0.717, 1.165) is 12.4 Å². The molecule has 1 fully saturated rings. The van der Waals surface area contributed by atoms with E-state index in [2.05, 4.69) is 16.6 Å². The van der Waals surface area contributed by atoms with Gasteiger partial charge in [-0.2, -0.15) is 11.8 Å². The number of nitrogens with two attached hydrogens (primary N) is 2. The lowest BCUT2D eigenvalue weighted by Crippen LogP contribution is -2.35. The number of aromatic nitrogens is 1. The highest BCUT2D eigenvalue weighted by atomic mass is 32.2. The minimum Gasteiger partial charge on any atom is -0.396 e. The fraction of sp³-hybridized carbons (Fsp3) is 0.615. The maximum Gasteiger partial charge on any atom is 0.149 e. The van der Waals surface area contributed by atoms with Crippen LogP contribution in [0.15, 0.2) is 12.1 Å². The van der Waals surface area contributed by atoms with Crippen molar-refractivity contribution in [3.8, 4) is 0 Å². The van der Waals surface area contributed by atoms with E-state index < -0.39 is 0 Å². The van der Waals surface area contributed by atoms with Crippen LogP contribution in [0.1, 0.15) is 32.1 Å². The summed E-state index contributed by atoms with van der Waals surface area (Å²) in [5, 5.41) is 3.41. The molecule has 1 aliphatic carbocycles. The molecule has 1 saturated carbocycles. The third kappa shape index (κ3) is 3.02. The number of nitrogens with one attached hydrogen (secondary N) is 1. The Balaban J connectivity index is 1.98. The van der Waals surface area contributed by atoms with Crippen LogP contribution in [0, 0.1) is 0 Å². The summed E-state index contributed by atoms with van der Waals surface area (Å²) in [6.07, 6.45) is 8.81. The van der Waals surface area contributed by atoms with Gasteiger partial charge in [-0.3, -0.25) is 0 Å². The van der Waals surface area contributed by atoms with Crippen LogP contribution in [0.5, 0.6) is 0 Å². The minimum absolute atomic E-state index is 0.357. The maximum absolute atomic E-state index is 5.71. The largest absolute Gasteiger partial charge is 0.396 e. The first-order chi connectivity index (χ1) is 8.65. The molecule has 0 bridgehead atoms. The molecule has 100 valence electrons. The number of anilines is 3. The van der Waals surface area contributed by atoms with E-state index in [1.54, 1.807) is 6.07 Å². The molecule has 0 amide bonds. The van der Waals surface area contributed by atoms with E-state index in [1.165, 1.54) is 32.1 Å². The summed E-state index contributed by atoms with van der Waals surface area (Å²) < 4.78 is 0.357. The van der Waals surface area contributed by atoms with Gasteiger partial charge < -0.3 is 16.8 Å². The highest BCUT2D eigenvalue weighted by Crippen LogP contribution is 2.38. The summed E-state index contributed by atoms with van der Waals surface area (Å²) >= 11 is 1.97. The topological polar surface area (TPSA) is 77.0 Å². The number of rotatable bonds is 4. The number of nitrogens with zero attached hydrogens (tertiary/aromatic N) is 1. The van der Waals surface area contributed by atoms with E-state index in [9.17, 15) is 0 Å². The Morgan fingerprint density at radius 1 is 1.28 bits per heavy atom. The lowest BCUT2D eigenvalue weighted by molar-refractivity contribution is 0.411. The molecular weight excluding hydrogens is 244 g/mol. The van der Waals surface area contributed by atoms with Gasteiger partial charge in [-0.25, -0.2) is 4.98 Å². The molecule has 0 radical (unpaired) electrons. The van der Waals surface area contributed by atoms with Crippen molar-refractivity contribution >= 4 is 29.1 Å². The monoisotopic (exact) mass is 266 g/mol. The van der Waals surface area contributed by atoms with Crippen molar-refractivity contribution in [1.82, 2.24) is 4.98 Å². The van der Waals surface area contributed by atoms with Crippen LogP contribution in [-0.4, -0.2) is 22.5 Å². The average Bonchev–Trinajstić information content (AvgIpc) is 2.41. The number of thioether (sulfide) groups is 1. The molecule has 0 aromatic carbocycles. The second kappa shape index (κ2) is 5.69. The van der Waals surface area contributed by atoms with Crippen LogP contribution < -0.4 is 16.8 Å². The van der Waals surface area contributed by atoms with Crippen molar-refractivity contribution in [2.24, 2.45) is 0 Å². The number of hydrogen-bond donors (Lipinski definition) is 3. The Morgan fingerprint density at radius 2 is 2.00 bits per heavy atom. The summed E-state index contributed by atoms with van der Waals surface area (Å²) in [5.74, 6) is 1.22. The van der Waals surface area contributed by atoms with Crippen molar-refractivity contribution < 1.29 is 0 Å². The van der Waals surface area contributed by atoms with E-state index in [-0.39, 0.29) is 0 Å². The Hall–Kier alpha value is -1.10. The molecule has 5 N–H and O–H groups in total. The third-order valence-corrected chi connectivity index (χ3v) is 5.17. The summed E-state index contributed by atoms with van der Waals surface area (Å²) in [5.41, 5.74) is 11.9. The summed E-state index contributed by atoms with van der Waals surface area (Å²) in [6, 6.07) is 3.69. The SMILES string of the molecule is CSC1(CNc2ccc(N)c(N)n2)CCCCC1. The lowest BCUT2D eigenvalue weighted by atomic mass is 9.88. The van der Waals surface area contributed by atoms with Crippen LogP contribution in [0.2, 0.25) is 0 Å². The van der Waals surface area contributed by atoms with E-state index in [4.69, 9.17) is 11.5 Å². The maximum atomic E-state index is 5.71. The lowest BCUT2D eigenvalue weighted by Gasteiger charge is -2.36. The van der Waals surface area contributed by atoms with Gasteiger partial charge in [-0.15, -0.1) is 0 Å². The van der Waals surface area contributed by atoms with Gasteiger partial charge in [-0.05, 0) is 31.2 Å². The zero-order valence-electron chi connectivity index (χ0n) is 10.9. The fourth-order valence-electron chi connectivity index (χ4n) is 2.48. The summed E-state index contributed by atoms with van der Waals surface area (Å²) in [4.78, 5) is 4.25. The first-order valence-corrected chi connectivity index (χ1v) is 7.69. The molecule has 0 atom stereocenters. The van der Waals surface area contributed by atoms with Crippen molar-refractivity contribution in [3.05, 3.63) is 12.1 Å². The van der Waals surface area contributed by atoms with Crippen molar-refractivity contribution in [2.45, 2.75) is 36.9 Å². The Morgan fingerprint density at radius 3 is 2.61 bits per heavy atom. The van der Waals surface area contributed by atoms with Crippen molar-refractivity contribution in [3.63, 3.8) is 0 Å². The molecule has 1 aromatic heterocycles. The van der Waals surface area contributed by atoms with Gasteiger partial charge in [0.1, 0.15) is 11.6 Å². The number of pyridine rings is 1. The third-order valence-electron chi connectivity index (χ3n) is 3.75. The van der Waals surface area contributed by atoms with Gasteiger partial charge in [0.25, 0.3) is 0 Å². The number of nitrogen functional groups attached to an aromatic ring is 2. The molecule has 1 aromatic rings.